The van der Waals surface area contributed by atoms with Crippen LogP contribution in [0, 0.1) is 0 Å². The van der Waals surface area contributed by atoms with Crippen LogP contribution in [0.15, 0.2) is 0 Å². The number of esters is 2. The largest absolute Gasteiger partial charge is 0.465 e. The number of rotatable bonds is 27. The molecule has 0 aliphatic rings. The van der Waals surface area contributed by atoms with Crippen molar-refractivity contribution in [3.8, 4) is 0 Å². The number of unbranched alkanes of at least 4 members (excludes halogenated alkanes) is 16. The van der Waals surface area contributed by atoms with E-state index in [2.05, 4.69) is 26.1 Å². The SMILES string of the molecule is CCCCCCCCCOC(=O)CNCC(=O)OC(CCCCCCCC)CCCCCCCC. The van der Waals surface area contributed by atoms with Gasteiger partial charge in [0.1, 0.15) is 6.10 Å². The fourth-order valence-electron chi connectivity index (χ4n) is 4.36. The molecule has 0 aromatic rings. The normalized spacial score (nSPS) is 11.2. The van der Waals surface area contributed by atoms with Crippen LogP contribution in [-0.2, 0) is 19.1 Å². The van der Waals surface area contributed by atoms with Crippen molar-refractivity contribution in [3.63, 3.8) is 0 Å². The zero-order valence-electron chi connectivity index (χ0n) is 23.7. The highest BCUT2D eigenvalue weighted by Gasteiger charge is 2.15. The predicted octanol–water partition coefficient (Wildman–Crippen LogP) is 8.28. The van der Waals surface area contributed by atoms with Crippen LogP contribution in [-0.4, -0.2) is 37.7 Å². The van der Waals surface area contributed by atoms with Gasteiger partial charge in [0.2, 0.25) is 0 Å². The standard InChI is InChI=1S/C30H59NO4/c1-4-7-10-13-16-19-22-25-34-29(32)26-31-27-30(33)35-28(23-20-17-14-11-8-5-2)24-21-18-15-12-9-6-3/h28,31H,4-27H2,1-3H3. The van der Waals surface area contributed by atoms with Gasteiger partial charge in [-0.2, -0.15) is 0 Å². The van der Waals surface area contributed by atoms with Gasteiger partial charge in [-0.25, -0.2) is 0 Å². The van der Waals surface area contributed by atoms with Crippen molar-refractivity contribution in [2.24, 2.45) is 0 Å². The van der Waals surface area contributed by atoms with Crippen molar-refractivity contribution in [1.82, 2.24) is 5.32 Å². The number of hydrogen-bond donors (Lipinski definition) is 1. The van der Waals surface area contributed by atoms with Crippen LogP contribution in [0.5, 0.6) is 0 Å². The number of hydrogen-bond acceptors (Lipinski definition) is 5. The summed E-state index contributed by atoms with van der Waals surface area (Å²) in [5, 5.41) is 2.90. The molecule has 0 bridgehead atoms. The topological polar surface area (TPSA) is 64.6 Å². The van der Waals surface area contributed by atoms with Gasteiger partial charge in [0.25, 0.3) is 0 Å². The lowest BCUT2D eigenvalue weighted by molar-refractivity contribution is -0.149. The van der Waals surface area contributed by atoms with Gasteiger partial charge in [0.15, 0.2) is 0 Å². The maximum atomic E-state index is 12.4. The fourth-order valence-corrected chi connectivity index (χ4v) is 4.36. The highest BCUT2D eigenvalue weighted by Crippen LogP contribution is 2.17. The van der Waals surface area contributed by atoms with Gasteiger partial charge in [-0.05, 0) is 32.1 Å². The third-order valence-corrected chi connectivity index (χ3v) is 6.61. The van der Waals surface area contributed by atoms with Gasteiger partial charge in [0, 0.05) is 0 Å². The second kappa shape index (κ2) is 27.5. The van der Waals surface area contributed by atoms with E-state index in [9.17, 15) is 9.59 Å². The van der Waals surface area contributed by atoms with Crippen molar-refractivity contribution in [2.75, 3.05) is 19.7 Å². The van der Waals surface area contributed by atoms with Crippen LogP contribution < -0.4 is 5.32 Å². The van der Waals surface area contributed by atoms with Crippen molar-refractivity contribution >= 4 is 11.9 Å². The summed E-state index contributed by atoms with van der Waals surface area (Å²) in [6, 6.07) is 0. The van der Waals surface area contributed by atoms with E-state index in [4.69, 9.17) is 9.47 Å². The van der Waals surface area contributed by atoms with E-state index in [1.165, 1.54) is 96.3 Å². The molecule has 0 atom stereocenters. The zero-order chi connectivity index (χ0) is 25.8. The molecule has 0 aromatic carbocycles. The monoisotopic (exact) mass is 497 g/mol. The molecule has 0 heterocycles. The lowest BCUT2D eigenvalue weighted by Crippen LogP contribution is -2.32. The summed E-state index contributed by atoms with van der Waals surface area (Å²) < 4.78 is 11.1. The average Bonchev–Trinajstić information content (AvgIpc) is 2.84. The maximum Gasteiger partial charge on any atom is 0.320 e. The van der Waals surface area contributed by atoms with Gasteiger partial charge in [-0.1, -0.05) is 124 Å². The fraction of sp³-hybridized carbons (Fsp3) is 0.933. The number of carbonyl (C=O) groups is 2. The summed E-state index contributed by atoms with van der Waals surface area (Å²) in [5.74, 6) is -0.550. The summed E-state index contributed by atoms with van der Waals surface area (Å²) in [7, 11) is 0. The lowest BCUT2D eigenvalue weighted by atomic mass is 10.0. The molecule has 0 fully saturated rings. The van der Waals surface area contributed by atoms with Crippen LogP contribution in [0.3, 0.4) is 0 Å². The first-order valence-electron chi connectivity index (χ1n) is 15.2. The Kier molecular flexibility index (Phi) is 26.6. The highest BCUT2D eigenvalue weighted by molar-refractivity contribution is 5.75. The van der Waals surface area contributed by atoms with Crippen molar-refractivity contribution in [1.29, 1.82) is 0 Å². The first-order valence-corrected chi connectivity index (χ1v) is 15.2. The van der Waals surface area contributed by atoms with E-state index in [-0.39, 0.29) is 31.1 Å². The number of nitrogens with one attached hydrogen (secondary N) is 1. The summed E-state index contributed by atoms with van der Waals surface area (Å²) >= 11 is 0. The minimum Gasteiger partial charge on any atom is -0.465 e. The van der Waals surface area contributed by atoms with Gasteiger partial charge >= 0.3 is 11.9 Å². The van der Waals surface area contributed by atoms with Crippen LogP contribution in [0.4, 0.5) is 0 Å². The molecule has 0 aromatic heterocycles. The quantitative estimate of drug-likeness (QED) is 0.0913. The molecule has 0 unspecified atom stereocenters. The molecule has 0 saturated heterocycles. The highest BCUT2D eigenvalue weighted by atomic mass is 16.5. The smallest absolute Gasteiger partial charge is 0.320 e. The Morgan fingerprint density at radius 3 is 1.43 bits per heavy atom. The minimum absolute atomic E-state index is 0.00549. The molecule has 0 aliphatic heterocycles. The predicted molar refractivity (Wildman–Crippen MR) is 148 cm³/mol. The Labute approximate surface area is 217 Å². The second-order valence-corrected chi connectivity index (χ2v) is 10.2. The van der Waals surface area contributed by atoms with Gasteiger partial charge in [0.05, 0.1) is 19.7 Å². The zero-order valence-corrected chi connectivity index (χ0v) is 23.7. The molecule has 0 amide bonds. The van der Waals surface area contributed by atoms with E-state index in [0.717, 1.165) is 38.5 Å². The molecule has 0 saturated carbocycles. The van der Waals surface area contributed by atoms with E-state index >= 15 is 0 Å². The Morgan fingerprint density at radius 1 is 0.543 bits per heavy atom. The van der Waals surface area contributed by atoms with Crippen LogP contribution in [0.25, 0.3) is 0 Å². The van der Waals surface area contributed by atoms with Gasteiger partial charge in [-0.15, -0.1) is 0 Å². The maximum absolute atomic E-state index is 12.4. The Bertz CT molecular complexity index is 453. The molecule has 0 rings (SSSR count). The molecule has 208 valence electrons. The summed E-state index contributed by atoms with van der Waals surface area (Å²) in [4.78, 5) is 24.2. The average molecular weight is 498 g/mol. The molecule has 0 aliphatic carbocycles. The summed E-state index contributed by atoms with van der Waals surface area (Å²) in [6.07, 6.45) is 25.2. The summed E-state index contributed by atoms with van der Waals surface area (Å²) in [6.45, 7) is 7.29. The molecule has 0 spiro atoms. The van der Waals surface area contributed by atoms with Crippen molar-refractivity contribution in [3.05, 3.63) is 0 Å². The Hall–Kier alpha value is -1.10. The number of ether oxygens (including phenoxy) is 2. The van der Waals surface area contributed by atoms with Crippen molar-refractivity contribution < 1.29 is 19.1 Å². The van der Waals surface area contributed by atoms with Crippen LogP contribution in [0.1, 0.15) is 156 Å². The van der Waals surface area contributed by atoms with Crippen LogP contribution in [0.2, 0.25) is 0 Å². The van der Waals surface area contributed by atoms with Gasteiger partial charge < -0.3 is 9.47 Å². The molecular formula is C30H59NO4. The van der Waals surface area contributed by atoms with E-state index in [0.29, 0.717) is 6.61 Å². The Balaban J connectivity index is 4.01. The Morgan fingerprint density at radius 2 is 0.943 bits per heavy atom. The molecular weight excluding hydrogens is 438 g/mol. The van der Waals surface area contributed by atoms with E-state index in [1.807, 2.05) is 0 Å². The van der Waals surface area contributed by atoms with Gasteiger partial charge in [-0.3, -0.25) is 14.9 Å². The molecule has 5 heteroatoms. The lowest BCUT2D eigenvalue weighted by Gasteiger charge is -2.18. The molecule has 1 N–H and O–H groups in total. The number of carbonyl (C=O) groups excluding carboxylic acids is 2. The van der Waals surface area contributed by atoms with Crippen LogP contribution >= 0.6 is 0 Å². The summed E-state index contributed by atoms with van der Waals surface area (Å²) in [5.41, 5.74) is 0. The second-order valence-electron chi connectivity index (χ2n) is 10.2. The van der Waals surface area contributed by atoms with Crippen molar-refractivity contribution in [2.45, 2.75) is 162 Å². The third-order valence-electron chi connectivity index (χ3n) is 6.61. The molecule has 5 nitrogen and oxygen atoms in total. The molecule has 0 radical (unpaired) electrons. The first kappa shape index (κ1) is 33.9. The molecule has 35 heavy (non-hydrogen) atoms. The van der Waals surface area contributed by atoms with E-state index in [1.54, 1.807) is 0 Å². The minimum atomic E-state index is -0.292. The first-order chi connectivity index (χ1) is 17.1. The van der Waals surface area contributed by atoms with E-state index < -0.39 is 0 Å². The third kappa shape index (κ3) is 25.8.